The minimum absolute atomic E-state index is 0.142. The molecule has 3 rings (SSSR count). The monoisotopic (exact) mass is 460 g/mol. The first-order valence-electron chi connectivity index (χ1n) is 10.9. The summed E-state index contributed by atoms with van der Waals surface area (Å²) in [6.45, 7) is 2.66. The smallest absolute Gasteiger partial charge is 0.317 e. The van der Waals surface area contributed by atoms with E-state index in [-0.39, 0.29) is 43.3 Å². The standard InChI is InChI=1S/C24H30ClFN4O2/c1-29(17-18-8-3-2-4-9-18)24(32)27-13-12-22(31)28-16-21(30-14-5-6-15-30)23-19(25)10-7-11-20(23)26/h2-4,7-11,21H,5-6,12-17H2,1H3,(H,27,32)(H,28,31). The third-order valence-electron chi connectivity index (χ3n) is 5.64. The fourth-order valence-electron chi connectivity index (χ4n) is 3.94. The Morgan fingerprint density at radius 3 is 2.50 bits per heavy atom. The first-order valence-corrected chi connectivity index (χ1v) is 11.3. The van der Waals surface area contributed by atoms with Crippen molar-refractivity contribution in [3.8, 4) is 0 Å². The Balaban J connectivity index is 1.47. The summed E-state index contributed by atoms with van der Waals surface area (Å²) in [4.78, 5) is 28.4. The van der Waals surface area contributed by atoms with Crippen molar-refractivity contribution in [1.82, 2.24) is 20.4 Å². The van der Waals surface area contributed by atoms with E-state index >= 15 is 0 Å². The zero-order chi connectivity index (χ0) is 22.9. The summed E-state index contributed by atoms with van der Waals surface area (Å²) in [6.07, 6.45) is 2.22. The van der Waals surface area contributed by atoms with Crippen LogP contribution < -0.4 is 10.6 Å². The third kappa shape index (κ3) is 6.68. The molecule has 2 aromatic rings. The van der Waals surface area contributed by atoms with Crippen LogP contribution in [0.4, 0.5) is 9.18 Å². The van der Waals surface area contributed by atoms with E-state index in [0.29, 0.717) is 17.1 Å². The number of nitrogens with zero attached hydrogens (tertiary/aromatic N) is 2. The van der Waals surface area contributed by atoms with Gasteiger partial charge in [0, 0.05) is 43.7 Å². The van der Waals surface area contributed by atoms with E-state index in [1.807, 2.05) is 30.3 Å². The van der Waals surface area contributed by atoms with E-state index in [4.69, 9.17) is 11.6 Å². The van der Waals surface area contributed by atoms with Gasteiger partial charge in [-0.25, -0.2) is 9.18 Å². The normalized spacial score (nSPS) is 14.7. The lowest BCUT2D eigenvalue weighted by molar-refractivity contribution is -0.121. The molecule has 1 fully saturated rings. The number of hydrogen-bond donors (Lipinski definition) is 2. The number of rotatable bonds is 9. The average Bonchev–Trinajstić information content (AvgIpc) is 3.31. The second-order valence-electron chi connectivity index (χ2n) is 8.02. The second kappa shape index (κ2) is 11.8. The van der Waals surface area contributed by atoms with Crippen LogP contribution in [0.2, 0.25) is 5.02 Å². The number of carbonyl (C=O) groups excluding carboxylic acids is 2. The maximum Gasteiger partial charge on any atom is 0.317 e. The number of halogens is 2. The molecule has 0 spiro atoms. The predicted molar refractivity (Wildman–Crippen MR) is 124 cm³/mol. The number of urea groups is 1. The quantitative estimate of drug-likeness (QED) is 0.595. The molecule has 1 atom stereocenters. The number of nitrogens with one attached hydrogen (secondary N) is 2. The Labute approximate surface area is 193 Å². The molecule has 1 heterocycles. The molecule has 6 nitrogen and oxygen atoms in total. The fourth-order valence-corrected chi connectivity index (χ4v) is 4.23. The highest BCUT2D eigenvalue weighted by atomic mass is 35.5. The zero-order valence-electron chi connectivity index (χ0n) is 18.3. The Morgan fingerprint density at radius 2 is 1.81 bits per heavy atom. The molecule has 0 aliphatic carbocycles. The van der Waals surface area contributed by atoms with Gasteiger partial charge in [-0.3, -0.25) is 9.69 Å². The van der Waals surface area contributed by atoms with E-state index in [1.54, 1.807) is 24.1 Å². The SMILES string of the molecule is CN(Cc1ccccc1)C(=O)NCCC(=O)NCC(c1c(F)cccc1Cl)N1CCCC1. The number of amides is 3. The van der Waals surface area contributed by atoms with Gasteiger partial charge in [-0.05, 0) is 43.6 Å². The van der Waals surface area contributed by atoms with Crippen LogP contribution in [0, 0.1) is 5.82 Å². The van der Waals surface area contributed by atoms with Gasteiger partial charge in [-0.1, -0.05) is 48.0 Å². The summed E-state index contributed by atoms with van der Waals surface area (Å²) in [6, 6.07) is 13.8. The van der Waals surface area contributed by atoms with E-state index < -0.39 is 0 Å². The molecular formula is C24H30ClFN4O2. The first kappa shape index (κ1) is 24.0. The summed E-state index contributed by atoms with van der Waals surface area (Å²) in [7, 11) is 1.71. The fraction of sp³-hybridized carbons (Fsp3) is 0.417. The summed E-state index contributed by atoms with van der Waals surface area (Å²) < 4.78 is 14.5. The van der Waals surface area contributed by atoms with Gasteiger partial charge >= 0.3 is 6.03 Å². The van der Waals surface area contributed by atoms with Crippen molar-refractivity contribution in [2.75, 3.05) is 33.2 Å². The largest absolute Gasteiger partial charge is 0.354 e. The van der Waals surface area contributed by atoms with E-state index in [0.717, 1.165) is 31.5 Å². The van der Waals surface area contributed by atoms with Crippen LogP contribution in [-0.2, 0) is 11.3 Å². The summed E-state index contributed by atoms with van der Waals surface area (Å²) in [5.74, 6) is -0.565. The molecule has 0 bridgehead atoms. The third-order valence-corrected chi connectivity index (χ3v) is 5.97. The van der Waals surface area contributed by atoms with Crippen LogP contribution in [0.25, 0.3) is 0 Å². The summed E-state index contributed by atoms with van der Waals surface area (Å²) >= 11 is 6.29. The Morgan fingerprint density at radius 1 is 1.09 bits per heavy atom. The Kier molecular flexibility index (Phi) is 8.88. The van der Waals surface area contributed by atoms with Crippen LogP contribution in [0.3, 0.4) is 0 Å². The molecule has 1 aliphatic rings. The van der Waals surface area contributed by atoms with Gasteiger partial charge in [0.1, 0.15) is 5.82 Å². The molecule has 0 saturated carbocycles. The van der Waals surface area contributed by atoms with E-state index in [1.165, 1.54) is 6.07 Å². The lowest BCUT2D eigenvalue weighted by Crippen LogP contribution is -2.40. The van der Waals surface area contributed by atoms with Crippen molar-refractivity contribution >= 4 is 23.5 Å². The van der Waals surface area contributed by atoms with Crippen LogP contribution in [0.5, 0.6) is 0 Å². The predicted octanol–water partition coefficient (Wildman–Crippen LogP) is 3.96. The van der Waals surface area contributed by atoms with Crippen LogP contribution in [0.15, 0.2) is 48.5 Å². The minimum atomic E-state index is -0.364. The van der Waals surface area contributed by atoms with Crippen molar-refractivity contribution in [1.29, 1.82) is 0 Å². The zero-order valence-corrected chi connectivity index (χ0v) is 19.1. The molecule has 2 N–H and O–H groups in total. The van der Waals surface area contributed by atoms with Gasteiger partial charge in [-0.15, -0.1) is 0 Å². The van der Waals surface area contributed by atoms with E-state index in [9.17, 15) is 14.0 Å². The highest BCUT2D eigenvalue weighted by molar-refractivity contribution is 6.31. The topological polar surface area (TPSA) is 64.7 Å². The van der Waals surface area contributed by atoms with Gasteiger partial charge in [-0.2, -0.15) is 0 Å². The number of benzene rings is 2. The molecular weight excluding hydrogens is 431 g/mol. The van der Waals surface area contributed by atoms with Gasteiger partial charge in [0.15, 0.2) is 0 Å². The highest BCUT2D eigenvalue weighted by Gasteiger charge is 2.28. The maximum atomic E-state index is 14.5. The summed E-state index contributed by atoms with van der Waals surface area (Å²) in [5.41, 5.74) is 1.45. The number of likely N-dealkylation sites (tertiary alicyclic amines) is 1. The molecule has 172 valence electrons. The molecule has 1 aliphatic heterocycles. The lowest BCUT2D eigenvalue weighted by atomic mass is 10.0. The molecule has 3 amide bonds. The second-order valence-corrected chi connectivity index (χ2v) is 8.43. The number of carbonyl (C=O) groups is 2. The van der Waals surface area contributed by atoms with Crippen LogP contribution in [-0.4, -0.2) is 55.0 Å². The molecule has 1 saturated heterocycles. The van der Waals surface area contributed by atoms with Crippen molar-refractivity contribution < 1.29 is 14.0 Å². The van der Waals surface area contributed by atoms with Crippen LogP contribution in [0.1, 0.15) is 36.4 Å². The van der Waals surface area contributed by atoms with Crippen molar-refractivity contribution in [2.24, 2.45) is 0 Å². The molecule has 1 unspecified atom stereocenters. The van der Waals surface area contributed by atoms with Crippen LogP contribution >= 0.6 is 11.6 Å². The van der Waals surface area contributed by atoms with E-state index in [2.05, 4.69) is 15.5 Å². The van der Waals surface area contributed by atoms with Gasteiger partial charge < -0.3 is 15.5 Å². The highest BCUT2D eigenvalue weighted by Crippen LogP contribution is 2.31. The Hall–Kier alpha value is -2.64. The van der Waals surface area contributed by atoms with Gasteiger partial charge in [0.05, 0.1) is 6.04 Å². The van der Waals surface area contributed by atoms with Crippen molar-refractivity contribution in [2.45, 2.75) is 31.8 Å². The van der Waals surface area contributed by atoms with Crippen molar-refractivity contribution in [3.63, 3.8) is 0 Å². The first-order chi connectivity index (χ1) is 15.5. The minimum Gasteiger partial charge on any atom is -0.354 e. The molecule has 8 heteroatoms. The van der Waals surface area contributed by atoms with Crippen molar-refractivity contribution in [3.05, 3.63) is 70.5 Å². The average molecular weight is 461 g/mol. The van der Waals surface area contributed by atoms with Gasteiger partial charge in [0.25, 0.3) is 0 Å². The Bertz CT molecular complexity index is 886. The molecule has 0 radical (unpaired) electrons. The maximum absolute atomic E-state index is 14.5. The van der Waals surface area contributed by atoms with Gasteiger partial charge in [0.2, 0.25) is 5.91 Å². The molecule has 0 aromatic heterocycles. The lowest BCUT2D eigenvalue weighted by Gasteiger charge is -2.29. The summed E-state index contributed by atoms with van der Waals surface area (Å²) in [5, 5.41) is 6.01. The molecule has 2 aromatic carbocycles. The number of hydrogen-bond acceptors (Lipinski definition) is 3. The molecule has 32 heavy (non-hydrogen) atoms.